The number of nitrogens with two attached hydrogens (primary N) is 1. The van der Waals surface area contributed by atoms with Gasteiger partial charge in [-0.05, 0) is 37.1 Å². The second-order valence-corrected chi connectivity index (χ2v) is 6.14. The van der Waals surface area contributed by atoms with Gasteiger partial charge in [-0.3, -0.25) is 4.79 Å². The predicted molar refractivity (Wildman–Crippen MR) is 69.1 cm³/mol. The summed E-state index contributed by atoms with van der Waals surface area (Å²) in [5.74, 6) is -0.587. The molecule has 0 bridgehead atoms. The van der Waals surface area contributed by atoms with Crippen molar-refractivity contribution in [1.82, 2.24) is 4.72 Å². The Kier molecular flexibility index (Phi) is 4.18. The van der Waals surface area contributed by atoms with Gasteiger partial charge in [-0.2, -0.15) is 0 Å². The number of carbonyl (C=O) groups excluding carboxylic acids is 1. The Labute approximate surface area is 112 Å². The van der Waals surface area contributed by atoms with Crippen molar-refractivity contribution in [3.05, 3.63) is 29.8 Å². The van der Waals surface area contributed by atoms with Crippen molar-refractivity contribution in [3.63, 3.8) is 0 Å². The quantitative estimate of drug-likeness (QED) is 0.809. The maximum Gasteiger partial charge on any atom is 0.248 e. The second kappa shape index (κ2) is 5.68. The molecular formula is C12H16N2O4S. The van der Waals surface area contributed by atoms with E-state index in [9.17, 15) is 13.2 Å². The molecule has 0 spiro atoms. The summed E-state index contributed by atoms with van der Waals surface area (Å²) in [4.78, 5) is 11.0. The van der Waals surface area contributed by atoms with Crippen molar-refractivity contribution in [3.8, 4) is 0 Å². The first-order valence-corrected chi connectivity index (χ1v) is 7.48. The van der Waals surface area contributed by atoms with E-state index in [-0.39, 0.29) is 23.1 Å². The first-order chi connectivity index (χ1) is 8.99. The van der Waals surface area contributed by atoms with Crippen LogP contribution in [-0.4, -0.2) is 33.6 Å². The summed E-state index contributed by atoms with van der Waals surface area (Å²) >= 11 is 0. The maximum atomic E-state index is 12.0. The lowest BCUT2D eigenvalue weighted by molar-refractivity contribution is 0.1000. The Bertz CT molecular complexity index is 548. The van der Waals surface area contributed by atoms with E-state index in [4.69, 9.17) is 10.5 Å². The molecule has 3 N–H and O–H groups in total. The average molecular weight is 284 g/mol. The summed E-state index contributed by atoms with van der Waals surface area (Å²) in [6.07, 6.45) is 1.77. The van der Waals surface area contributed by atoms with Gasteiger partial charge in [0.1, 0.15) is 0 Å². The van der Waals surface area contributed by atoms with E-state index in [2.05, 4.69) is 4.72 Å². The molecule has 1 atom stereocenters. The molecule has 0 saturated carbocycles. The summed E-state index contributed by atoms with van der Waals surface area (Å²) in [6, 6.07) is 5.50. The number of primary amides is 1. The largest absolute Gasteiger partial charge is 0.377 e. The lowest BCUT2D eigenvalue weighted by Gasteiger charge is -2.11. The minimum absolute atomic E-state index is 0.0559. The van der Waals surface area contributed by atoms with Gasteiger partial charge in [-0.15, -0.1) is 0 Å². The van der Waals surface area contributed by atoms with Gasteiger partial charge >= 0.3 is 0 Å². The summed E-state index contributed by atoms with van der Waals surface area (Å²) < 4.78 is 31.8. The third kappa shape index (κ3) is 3.52. The Morgan fingerprint density at radius 2 is 2.05 bits per heavy atom. The van der Waals surface area contributed by atoms with Crippen LogP contribution < -0.4 is 10.5 Å². The van der Waals surface area contributed by atoms with Gasteiger partial charge in [-0.1, -0.05) is 0 Å². The standard InChI is InChI=1S/C12H16N2O4S/c13-12(15)9-3-5-11(6-4-9)19(16,17)14-8-10-2-1-7-18-10/h3-6,10,14H,1-2,7-8H2,(H2,13,15). The highest BCUT2D eigenvalue weighted by atomic mass is 32.2. The lowest BCUT2D eigenvalue weighted by Crippen LogP contribution is -2.31. The van der Waals surface area contributed by atoms with E-state index in [1.165, 1.54) is 24.3 Å². The van der Waals surface area contributed by atoms with Crippen molar-refractivity contribution in [2.75, 3.05) is 13.2 Å². The number of ether oxygens (including phenoxy) is 1. The van der Waals surface area contributed by atoms with Gasteiger partial charge in [0.2, 0.25) is 15.9 Å². The molecule has 1 aromatic rings. The molecule has 2 rings (SSSR count). The van der Waals surface area contributed by atoms with Gasteiger partial charge < -0.3 is 10.5 Å². The predicted octanol–water partition coefficient (Wildman–Crippen LogP) is 0.243. The van der Waals surface area contributed by atoms with Crippen LogP contribution in [0.1, 0.15) is 23.2 Å². The highest BCUT2D eigenvalue weighted by Crippen LogP contribution is 2.13. The Morgan fingerprint density at radius 3 is 2.58 bits per heavy atom. The molecule has 0 radical (unpaired) electrons. The van der Waals surface area contributed by atoms with E-state index in [1.807, 2.05) is 0 Å². The van der Waals surface area contributed by atoms with Crippen LogP contribution >= 0.6 is 0 Å². The van der Waals surface area contributed by atoms with Gasteiger partial charge in [0.15, 0.2) is 0 Å². The average Bonchev–Trinajstić information content (AvgIpc) is 2.90. The molecule has 1 unspecified atom stereocenters. The lowest BCUT2D eigenvalue weighted by atomic mass is 10.2. The minimum atomic E-state index is -3.57. The van der Waals surface area contributed by atoms with Crippen LogP contribution in [0.4, 0.5) is 0 Å². The number of nitrogens with one attached hydrogen (secondary N) is 1. The summed E-state index contributed by atoms with van der Waals surface area (Å²) in [5.41, 5.74) is 5.37. The molecular weight excluding hydrogens is 268 g/mol. The van der Waals surface area contributed by atoms with Gasteiger partial charge in [0.25, 0.3) is 0 Å². The van der Waals surface area contributed by atoms with E-state index < -0.39 is 15.9 Å². The zero-order valence-corrected chi connectivity index (χ0v) is 11.2. The zero-order chi connectivity index (χ0) is 13.9. The smallest absolute Gasteiger partial charge is 0.248 e. The summed E-state index contributed by atoms with van der Waals surface area (Å²) in [7, 11) is -3.57. The molecule has 1 amide bonds. The van der Waals surface area contributed by atoms with E-state index in [1.54, 1.807) is 0 Å². The van der Waals surface area contributed by atoms with Crippen LogP contribution in [0.2, 0.25) is 0 Å². The van der Waals surface area contributed by atoms with Crippen LogP contribution in [0.3, 0.4) is 0 Å². The third-order valence-corrected chi connectivity index (χ3v) is 4.41. The number of rotatable bonds is 5. The molecule has 1 heterocycles. The van der Waals surface area contributed by atoms with Gasteiger partial charge in [-0.25, -0.2) is 13.1 Å². The number of amides is 1. The fraction of sp³-hybridized carbons (Fsp3) is 0.417. The number of carbonyl (C=O) groups is 1. The highest BCUT2D eigenvalue weighted by molar-refractivity contribution is 7.89. The molecule has 6 nitrogen and oxygen atoms in total. The van der Waals surface area contributed by atoms with Crippen molar-refractivity contribution < 1.29 is 17.9 Å². The fourth-order valence-corrected chi connectivity index (χ4v) is 2.96. The second-order valence-electron chi connectivity index (χ2n) is 4.38. The highest BCUT2D eigenvalue weighted by Gasteiger charge is 2.20. The molecule has 1 aromatic carbocycles. The molecule has 1 saturated heterocycles. The first-order valence-electron chi connectivity index (χ1n) is 6.00. The monoisotopic (exact) mass is 284 g/mol. The fourth-order valence-electron chi connectivity index (χ4n) is 1.89. The molecule has 19 heavy (non-hydrogen) atoms. The summed E-state index contributed by atoms with van der Waals surface area (Å²) in [5, 5.41) is 0. The van der Waals surface area contributed by atoms with Crippen molar-refractivity contribution >= 4 is 15.9 Å². The summed E-state index contributed by atoms with van der Waals surface area (Å²) in [6.45, 7) is 0.944. The Morgan fingerprint density at radius 1 is 1.37 bits per heavy atom. The van der Waals surface area contributed by atoms with Crippen LogP contribution in [0, 0.1) is 0 Å². The third-order valence-electron chi connectivity index (χ3n) is 2.97. The first kappa shape index (κ1) is 14.0. The Hall–Kier alpha value is -1.44. The van der Waals surface area contributed by atoms with Crippen LogP contribution in [-0.2, 0) is 14.8 Å². The minimum Gasteiger partial charge on any atom is -0.377 e. The molecule has 0 aromatic heterocycles. The molecule has 1 aliphatic heterocycles. The maximum absolute atomic E-state index is 12.0. The molecule has 104 valence electrons. The van der Waals surface area contributed by atoms with E-state index >= 15 is 0 Å². The topological polar surface area (TPSA) is 98.5 Å². The van der Waals surface area contributed by atoms with E-state index in [0.717, 1.165) is 12.8 Å². The van der Waals surface area contributed by atoms with Gasteiger partial charge in [0, 0.05) is 18.7 Å². The molecule has 7 heteroatoms. The van der Waals surface area contributed by atoms with Crippen LogP contribution in [0.25, 0.3) is 0 Å². The van der Waals surface area contributed by atoms with Crippen LogP contribution in [0.15, 0.2) is 29.2 Å². The number of hydrogen-bond donors (Lipinski definition) is 2. The number of sulfonamides is 1. The van der Waals surface area contributed by atoms with Crippen molar-refractivity contribution in [1.29, 1.82) is 0 Å². The van der Waals surface area contributed by atoms with Gasteiger partial charge in [0.05, 0.1) is 11.0 Å². The SMILES string of the molecule is NC(=O)c1ccc(S(=O)(=O)NCC2CCCO2)cc1. The Balaban J connectivity index is 2.03. The molecule has 1 fully saturated rings. The molecule has 1 aliphatic rings. The number of hydrogen-bond acceptors (Lipinski definition) is 4. The van der Waals surface area contributed by atoms with Crippen LogP contribution in [0.5, 0.6) is 0 Å². The van der Waals surface area contributed by atoms with Crippen molar-refractivity contribution in [2.45, 2.75) is 23.8 Å². The normalized spacial score (nSPS) is 19.5. The number of benzene rings is 1. The van der Waals surface area contributed by atoms with E-state index in [0.29, 0.717) is 6.61 Å². The van der Waals surface area contributed by atoms with Crippen molar-refractivity contribution in [2.24, 2.45) is 5.73 Å². The zero-order valence-electron chi connectivity index (χ0n) is 10.3. The molecule has 0 aliphatic carbocycles.